The number of allylic oxidation sites excluding steroid dienone is 1. The second-order valence-electron chi connectivity index (χ2n) is 10.4. The Bertz CT molecular complexity index is 1680. The second kappa shape index (κ2) is 14.0. The van der Waals surface area contributed by atoms with Crippen LogP contribution in [0.15, 0.2) is 78.9 Å². The van der Waals surface area contributed by atoms with E-state index in [9.17, 15) is 32.7 Å². The summed E-state index contributed by atoms with van der Waals surface area (Å²) in [5, 5.41) is 13.0. The SMILES string of the molecule is COC(=O)C[C@H](O)CC(=O)/C=C/c1c(-c2ccc(F)cc2)c(-c2ccc(F)cc2)c(C(=O)Nc2ccc(F)cc2)n1C(C)C. The number of carbonyl (C=O) groups is 3. The van der Waals surface area contributed by atoms with Crippen molar-refractivity contribution < 1.29 is 37.4 Å². The number of anilines is 1. The molecule has 0 radical (unpaired) electrons. The normalized spacial score (nSPS) is 12.0. The summed E-state index contributed by atoms with van der Waals surface area (Å²) in [7, 11) is 1.18. The van der Waals surface area contributed by atoms with Gasteiger partial charge in [0, 0.05) is 29.3 Å². The van der Waals surface area contributed by atoms with Gasteiger partial charge in [-0.05, 0) is 85.7 Å². The number of aromatic nitrogens is 1. The smallest absolute Gasteiger partial charge is 0.308 e. The van der Waals surface area contributed by atoms with Crippen LogP contribution in [0.4, 0.5) is 18.9 Å². The summed E-state index contributed by atoms with van der Waals surface area (Å²) in [5.41, 5.74) is 2.74. The van der Waals surface area contributed by atoms with Crippen LogP contribution in [0.1, 0.15) is 48.9 Å². The summed E-state index contributed by atoms with van der Waals surface area (Å²) in [6, 6.07) is 16.0. The van der Waals surface area contributed by atoms with Crippen LogP contribution in [0.5, 0.6) is 0 Å². The number of carbonyl (C=O) groups excluding carboxylic acids is 3. The number of rotatable bonds is 11. The molecular weight excluding hydrogens is 573 g/mol. The van der Waals surface area contributed by atoms with Crippen molar-refractivity contribution in [2.75, 3.05) is 12.4 Å². The fourth-order valence-corrected chi connectivity index (χ4v) is 4.88. The van der Waals surface area contributed by atoms with Crippen LogP contribution >= 0.6 is 0 Å². The number of nitrogens with zero attached hydrogens (tertiary/aromatic N) is 1. The zero-order valence-electron chi connectivity index (χ0n) is 24.3. The standard InChI is InChI=1S/C34H31F3N2O5/c1-20(2)39-29(17-16-27(40)18-28(41)19-30(42)44-3)31(21-4-8-23(35)9-5-21)32(22-6-10-24(36)11-7-22)33(39)34(43)38-26-14-12-25(37)13-15-26/h4-17,20,28,41H,18-19H2,1-3H3,(H,38,43)/b17-16+/t28-/m1/s1. The van der Waals surface area contributed by atoms with Crippen LogP contribution in [0.3, 0.4) is 0 Å². The molecule has 3 aromatic carbocycles. The van der Waals surface area contributed by atoms with Gasteiger partial charge in [0.05, 0.1) is 25.3 Å². The number of hydrogen-bond donors (Lipinski definition) is 2. The Morgan fingerprint density at radius 2 is 1.32 bits per heavy atom. The Balaban J connectivity index is 1.95. The molecule has 1 amide bonds. The molecule has 0 aliphatic heterocycles. The lowest BCUT2D eigenvalue weighted by molar-refractivity contribution is -0.143. The molecule has 0 unspecified atom stereocenters. The molecule has 10 heteroatoms. The summed E-state index contributed by atoms with van der Waals surface area (Å²) in [5.74, 6) is -3.18. The minimum atomic E-state index is -1.26. The highest BCUT2D eigenvalue weighted by atomic mass is 19.1. The molecule has 7 nitrogen and oxygen atoms in total. The van der Waals surface area contributed by atoms with Gasteiger partial charge in [-0.15, -0.1) is 0 Å². The average Bonchev–Trinajstić information content (AvgIpc) is 3.33. The predicted molar refractivity (Wildman–Crippen MR) is 161 cm³/mol. The van der Waals surface area contributed by atoms with E-state index < -0.39 is 41.2 Å². The first-order valence-corrected chi connectivity index (χ1v) is 13.8. The Morgan fingerprint density at radius 3 is 1.82 bits per heavy atom. The van der Waals surface area contributed by atoms with Gasteiger partial charge in [0.25, 0.3) is 5.91 Å². The fraction of sp³-hybridized carbons (Fsp3) is 0.206. The van der Waals surface area contributed by atoms with Crippen molar-refractivity contribution >= 4 is 29.4 Å². The van der Waals surface area contributed by atoms with Crippen LogP contribution in [0, 0.1) is 17.5 Å². The van der Waals surface area contributed by atoms with Gasteiger partial charge >= 0.3 is 5.97 Å². The first-order valence-electron chi connectivity index (χ1n) is 13.8. The largest absolute Gasteiger partial charge is 0.469 e. The third-order valence-corrected chi connectivity index (χ3v) is 6.84. The average molecular weight is 605 g/mol. The Labute approximate surface area is 252 Å². The Morgan fingerprint density at radius 1 is 0.818 bits per heavy atom. The van der Waals surface area contributed by atoms with Gasteiger partial charge in [0.2, 0.25) is 0 Å². The summed E-state index contributed by atoms with van der Waals surface area (Å²) >= 11 is 0. The number of nitrogens with one attached hydrogen (secondary N) is 1. The zero-order valence-corrected chi connectivity index (χ0v) is 24.3. The molecule has 0 bridgehead atoms. The highest BCUT2D eigenvalue weighted by molar-refractivity contribution is 6.12. The molecular formula is C34H31F3N2O5. The summed E-state index contributed by atoms with van der Waals surface area (Å²) < 4.78 is 47.9. The number of ether oxygens (including phenoxy) is 1. The van der Waals surface area contributed by atoms with Gasteiger partial charge in [0.15, 0.2) is 5.78 Å². The maximum Gasteiger partial charge on any atom is 0.308 e. The number of halogens is 3. The number of benzene rings is 3. The number of amides is 1. The minimum Gasteiger partial charge on any atom is -0.469 e. The first-order chi connectivity index (χ1) is 21.0. The third kappa shape index (κ3) is 7.51. The maximum atomic E-state index is 14.0. The van der Waals surface area contributed by atoms with Gasteiger partial charge in [-0.2, -0.15) is 0 Å². The maximum absolute atomic E-state index is 14.0. The van der Waals surface area contributed by atoms with Crippen molar-refractivity contribution in [1.29, 1.82) is 0 Å². The summed E-state index contributed by atoms with van der Waals surface area (Å²) in [4.78, 5) is 38.4. The van der Waals surface area contributed by atoms with Gasteiger partial charge in [-0.3, -0.25) is 14.4 Å². The lowest BCUT2D eigenvalue weighted by Crippen LogP contribution is -2.20. The van der Waals surface area contributed by atoms with Gasteiger partial charge in [0.1, 0.15) is 23.1 Å². The highest BCUT2D eigenvalue weighted by Gasteiger charge is 2.29. The fourth-order valence-electron chi connectivity index (χ4n) is 4.88. The van der Waals surface area contributed by atoms with E-state index in [1.807, 2.05) is 13.8 Å². The van der Waals surface area contributed by atoms with Gasteiger partial charge < -0.3 is 19.7 Å². The molecule has 0 spiro atoms. The molecule has 1 heterocycles. The van der Waals surface area contributed by atoms with E-state index in [1.165, 1.54) is 92.1 Å². The molecule has 4 aromatic rings. The van der Waals surface area contributed by atoms with E-state index in [-0.39, 0.29) is 24.6 Å². The molecule has 4 rings (SSSR count). The molecule has 44 heavy (non-hydrogen) atoms. The highest BCUT2D eigenvalue weighted by Crippen LogP contribution is 2.43. The van der Waals surface area contributed by atoms with Crippen LogP contribution in [0.2, 0.25) is 0 Å². The van der Waals surface area contributed by atoms with Gasteiger partial charge in [-0.1, -0.05) is 24.3 Å². The minimum absolute atomic E-state index is 0.160. The van der Waals surface area contributed by atoms with Crippen molar-refractivity contribution in [3.8, 4) is 22.3 Å². The summed E-state index contributed by atoms with van der Waals surface area (Å²) in [6.07, 6.45) is 0.746. The number of hydrogen-bond acceptors (Lipinski definition) is 5. The molecule has 0 fully saturated rings. The number of ketones is 1. The van der Waals surface area contributed by atoms with Crippen molar-refractivity contribution in [2.24, 2.45) is 0 Å². The van der Waals surface area contributed by atoms with E-state index in [4.69, 9.17) is 0 Å². The molecule has 0 saturated carbocycles. The van der Waals surface area contributed by atoms with Gasteiger partial charge in [-0.25, -0.2) is 13.2 Å². The van der Waals surface area contributed by atoms with Crippen LogP contribution in [0.25, 0.3) is 28.3 Å². The van der Waals surface area contributed by atoms with Crippen molar-refractivity contribution in [1.82, 2.24) is 4.57 Å². The Kier molecular flexibility index (Phi) is 10.2. The molecule has 2 N–H and O–H groups in total. The number of aliphatic hydroxyl groups is 1. The monoisotopic (exact) mass is 604 g/mol. The summed E-state index contributed by atoms with van der Waals surface area (Å²) in [6.45, 7) is 3.66. The van der Waals surface area contributed by atoms with E-state index in [1.54, 1.807) is 4.57 Å². The lowest BCUT2D eigenvalue weighted by Gasteiger charge is -2.17. The Hall–Kier alpha value is -4.96. The number of methoxy groups -OCH3 is 1. The predicted octanol–water partition coefficient (Wildman–Crippen LogP) is 6.97. The van der Waals surface area contributed by atoms with E-state index in [2.05, 4.69) is 10.1 Å². The molecule has 1 atom stereocenters. The first kappa shape index (κ1) is 32.0. The topological polar surface area (TPSA) is 97.6 Å². The van der Waals surface area contributed by atoms with Crippen LogP contribution in [-0.2, 0) is 14.3 Å². The molecule has 228 valence electrons. The molecule has 0 aliphatic carbocycles. The van der Waals surface area contributed by atoms with E-state index in [0.717, 1.165) is 0 Å². The molecule has 0 aliphatic rings. The van der Waals surface area contributed by atoms with Crippen LogP contribution in [-0.4, -0.2) is 40.5 Å². The number of esters is 1. The van der Waals surface area contributed by atoms with Crippen LogP contribution < -0.4 is 5.32 Å². The van der Waals surface area contributed by atoms with E-state index in [0.29, 0.717) is 33.6 Å². The lowest BCUT2D eigenvalue weighted by atomic mass is 9.94. The molecule has 1 aromatic heterocycles. The van der Waals surface area contributed by atoms with Crippen molar-refractivity contribution in [3.05, 3.63) is 108 Å². The molecule has 0 saturated heterocycles. The second-order valence-corrected chi connectivity index (χ2v) is 10.4. The van der Waals surface area contributed by atoms with Crippen molar-refractivity contribution in [2.45, 2.75) is 38.8 Å². The number of aliphatic hydroxyl groups excluding tert-OH is 1. The van der Waals surface area contributed by atoms with E-state index >= 15 is 0 Å². The quantitative estimate of drug-likeness (QED) is 0.142. The van der Waals surface area contributed by atoms with Crippen molar-refractivity contribution in [3.63, 3.8) is 0 Å². The zero-order chi connectivity index (χ0) is 32.0. The third-order valence-electron chi connectivity index (χ3n) is 6.84.